The molecule has 0 bridgehead atoms. The van der Waals surface area contributed by atoms with Gasteiger partial charge >= 0.3 is 284 Å². The van der Waals surface area contributed by atoms with Gasteiger partial charge in [-0.05, 0) is 0 Å². The molecule has 250 valence electrons. The van der Waals surface area contributed by atoms with Crippen molar-refractivity contribution in [1.82, 2.24) is 0 Å². The second-order valence-corrected chi connectivity index (χ2v) is 24.5. The van der Waals surface area contributed by atoms with Gasteiger partial charge < -0.3 is 24.8 Å². The first-order chi connectivity index (χ1) is 20.9. The number of fused-ring (bicyclic) bond motifs is 5. The molecule has 0 saturated heterocycles. The molecule has 5 aliphatic carbocycles. The van der Waals surface area contributed by atoms with E-state index in [1.807, 2.05) is 9.77 Å². The third-order valence-corrected chi connectivity index (χ3v) is 21.0. The molecule has 2 aromatic rings. The largest absolute Gasteiger partial charge is 1.00 e. The van der Waals surface area contributed by atoms with Gasteiger partial charge in [-0.2, -0.15) is 0 Å². The first kappa shape index (κ1) is 37.0. The van der Waals surface area contributed by atoms with Crippen LogP contribution in [-0.4, -0.2) is 3.21 Å². The molecule has 0 aliphatic heterocycles. The van der Waals surface area contributed by atoms with E-state index in [0.717, 1.165) is 6.42 Å². The van der Waals surface area contributed by atoms with Crippen molar-refractivity contribution in [3.63, 3.8) is 0 Å². The molecule has 0 N–H and O–H groups in total. The number of hydrogen-bond acceptors (Lipinski definition) is 0. The number of hydrogen-bond donors (Lipinski definition) is 0. The van der Waals surface area contributed by atoms with Crippen molar-refractivity contribution < 1.29 is 46.1 Å². The fourth-order valence-electron chi connectivity index (χ4n) is 9.67. The Balaban J connectivity index is 0.00000217. The van der Waals surface area contributed by atoms with Gasteiger partial charge in [-0.1, -0.05) is 0 Å². The standard InChI is InChI=1S/C31H37.C7H9.C6H10.2ClH.Zr/c1-28(2,3)26-16-30(7,8)24-12-18-11-19-13-25-23(15-21(19)20(18)14-22(24)26)27(29(4,5)6)17-31(25,9)10;1-6-3-4-7(2)5-6;1-2-4-6-5-3-1;;;/h12-16H,11H2,1-10H3;3,5,7H,1-2H3;1-5H2;2*1H;/q;;;;;+2/p-2. The quantitative estimate of drug-likeness (QED) is 0.291. The Kier molecular flexibility index (Phi) is 9.61. The van der Waals surface area contributed by atoms with E-state index in [4.69, 9.17) is 0 Å². The van der Waals surface area contributed by atoms with E-state index < -0.39 is 21.3 Å². The van der Waals surface area contributed by atoms with E-state index in [9.17, 15) is 0 Å². The maximum Gasteiger partial charge on any atom is -1.00 e. The van der Waals surface area contributed by atoms with Crippen molar-refractivity contribution in [2.45, 2.75) is 132 Å². The van der Waals surface area contributed by atoms with E-state index in [2.05, 4.69) is 126 Å². The summed E-state index contributed by atoms with van der Waals surface area (Å²) in [6.07, 6.45) is 15.8. The summed E-state index contributed by atoms with van der Waals surface area (Å²) < 4.78 is 5.75. The van der Waals surface area contributed by atoms with E-state index >= 15 is 0 Å². The summed E-state index contributed by atoms with van der Waals surface area (Å²) in [7, 11) is 0. The summed E-state index contributed by atoms with van der Waals surface area (Å²) in [4.78, 5) is 0. The van der Waals surface area contributed by atoms with Crippen LogP contribution in [0.1, 0.15) is 149 Å². The van der Waals surface area contributed by atoms with Crippen LogP contribution in [0.25, 0.3) is 22.3 Å². The Morgan fingerprint density at radius 1 is 0.723 bits per heavy atom. The minimum Gasteiger partial charge on any atom is -1.00 e. The number of benzene rings is 2. The molecule has 0 amide bonds. The van der Waals surface area contributed by atoms with Gasteiger partial charge in [0, 0.05) is 0 Å². The predicted octanol–water partition coefficient (Wildman–Crippen LogP) is 6.27. The van der Waals surface area contributed by atoms with Crippen LogP contribution in [0.3, 0.4) is 0 Å². The average Bonchev–Trinajstić information content (AvgIpc) is 3.61. The Hall–Kier alpha value is -1.27. The molecule has 47 heavy (non-hydrogen) atoms. The molecule has 0 spiro atoms. The van der Waals surface area contributed by atoms with Crippen LogP contribution in [0.5, 0.6) is 0 Å². The van der Waals surface area contributed by atoms with Gasteiger partial charge in [0.25, 0.3) is 0 Å². The molecular formula is C44H56Cl2Zr. The zero-order valence-electron chi connectivity index (χ0n) is 31.1. The SMILES string of the molecule is CC1=CC(C)[C]([Zr+2]([C]2=C(C(C)(C)C)c3cc4c(cc3C2(C)C)Cc2cc3c(cc2-4)C(C(C)(C)C)=CC3(C)C)=[C]2CCCCC2)=C1.[Cl-].[Cl-]. The predicted molar refractivity (Wildman–Crippen MR) is 194 cm³/mol. The van der Waals surface area contributed by atoms with Crippen LogP contribution in [0.15, 0.2) is 54.6 Å². The fourth-order valence-corrected chi connectivity index (χ4v) is 20.3. The molecule has 1 unspecified atom stereocenters. The Morgan fingerprint density at radius 2 is 1.30 bits per heavy atom. The van der Waals surface area contributed by atoms with E-state index in [0.29, 0.717) is 5.92 Å². The van der Waals surface area contributed by atoms with Gasteiger partial charge in [0.05, 0.1) is 0 Å². The summed E-state index contributed by atoms with van der Waals surface area (Å²) in [5.41, 5.74) is 17.4. The van der Waals surface area contributed by atoms with Crippen molar-refractivity contribution in [3.8, 4) is 11.1 Å². The molecule has 0 nitrogen and oxygen atoms in total. The normalized spacial score (nSPS) is 21.8. The van der Waals surface area contributed by atoms with Crippen molar-refractivity contribution in [3.05, 3.63) is 88.0 Å². The number of rotatable bonds is 2. The third kappa shape index (κ3) is 5.89. The van der Waals surface area contributed by atoms with Gasteiger partial charge in [0.1, 0.15) is 0 Å². The maximum absolute atomic E-state index is 2.68. The van der Waals surface area contributed by atoms with Crippen LogP contribution >= 0.6 is 0 Å². The molecular weight excluding hydrogens is 691 g/mol. The van der Waals surface area contributed by atoms with Gasteiger partial charge in [0.15, 0.2) is 0 Å². The maximum atomic E-state index is 2.68. The van der Waals surface area contributed by atoms with E-state index in [1.165, 1.54) is 71.1 Å². The summed E-state index contributed by atoms with van der Waals surface area (Å²) in [6.45, 7) is 29.5. The molecule has 1 atom stereocenters. The molecule has 0 radical (unpaired) electrons. The van der Waals surface area contributed by atoms with Crippen molar-refractivity contribution in [2.24, 2.45) is 16.7 Å². The van der Waals surface area contributed by atoms with Crippen LogP contribution in [0, 0.1) is 16.7 Å². The Morgan fingerprint density at radius 3 is 1.83 bits per heavy atom. The van der Waals surface area contributed by atoms with Crippen LogP contribution in [0.2, 0.25) is 0 Å². The molecule has 5 aliphatic rings. The monoisotopic (exact) mass is 744 g/mol. The van der Waals surface area contributed by atoms with Crippen molar-refractivity contribution in [2.75, 3.05) is 0 Å². The van der Waals surface area contributed by atoms with Crippen LogP contribution in [-0.2, 0) is 38.5 Å². The Labute approximate surface area is 306 Å². The van der Waals surface area contributed by atoms with Gasteiger partial charge in [-0.3, -0.25) is 0 Å². The molecule has 3 heteroatoms. The first-order valence-electron chi connectivity index (χ1n) is 17.9. The van der Waals surface area contributed by atoms with Gasteiger partial charge in [-0.25, -0.2) is 0 Å². The van der Waals surface area contributed by atoms with Crippen LogP contribution in [0.4, 0.5) is 0 Å². The topological polar surface area (TPSA) is 0 Å². The zero-order chi connectivity index (χ0) is 32.4. The Bertz CT molecular complexity index is 1810. The second kappa shape index (κ2) is 12.2. The second-order valence-electron chi connectivity index (χ2n) is 18.3. The van der Waals surface area contributed by atoms with E-state index in [-0.39, 0.29) is 46.5 Å². The summed E-state index contributed by atoms with van der Waals surface area (Å²) >= 11 is -2.35. The average molecular weight is 747 g/mol. The smallest absolute Gasteiger partial charge is 1.00 e. The number of halogens is 2. The summed E-state index contributed by atoms with van der Waals surface area (Å²) in [6, 6.07) is 10.5. The fraction of sp³-hybridized carbons (Fsp3) is 0.523. The van der Waals surface area contributed by atoms with Crippen molar-refractivity contribution in [1.29, 1.82) is 0 Å². The van der Waals surface area contributed by atoms with Crippen molar-refractivity contribution >= 4 is 14.4 Å². The molecule has 0 heterocycles. The molecule has 2 aromatic carbocycles. The molecule has 7 rings (SSSR count). The third-order valence-electron chi connectivity index (χ3n) is 11.8. The summed E-state index contributed by atoms with van der Waals surface area (Å²) in [5.74, 6) is 0.593. The van der Waals surface area contributed by atoms with Gasteiger partial charge in [-0.15, -0.1) is 0 Å². The zero-order valence-corrected chi connectivity index (χ0v) is 35.1. The summed E-state index contributed by atoms with van der Waals surface area (Å²) in [5, 5.41) is 0. The minimum atomic E-state index is -2.35. The number of allylic oxidation sites excluding steroid dienone is 8. The van der Waals surface area contributed by atoms with E-state index in [1.54, 1.807) is 22.3 Å². The van der Waals surface area contributed by atoms with Gasteiger partial charge in [0.2, 0.25) is 0 Å². The molecule has 1 fully saturated rings. The van der Waals surface area contributed by atoms with Crippen LogP contribution < -0.4 is 24.8 Å². The molecule has 1 saturated carbocycles. The molecule has 0 aromatic heterocycles. The first-order valence-corrected chi connectivity index (χ1v) is 21.6. The minimum absolute atomic E-state index is 0.